The summed E-state index contributed by atoms with van der Waals surface area (Å²) in [6.45, 7) is 0.904. The molecule has 0 aromatic carbocycles. The highest BCUT2D eigenvalue weighted by Gasteiger charge is 2.16. The number of hydrogen-bond donors (Lipinski definition) is 2. The zero-order valence-electron chi connectivity index (χ0n) is 10.5. The average molecular weight is 304 g/mol. The maximum Gasteiger partial charge on any atom is 0.288 e. The first-order valence-corrected chi connectivity index (χ1v) is 6.20. The smallest absolute Gasteiger partial charge is 0.288 e. The number of rotatable bonds is 8. The molecule has 0 aliphatic carbocycles. The molecule has 0 atom stereocenters. The molecule has 1 heterocycles. The van der Waals surface area contributed by atoms with Gasteiger partial charge in [0.1, 0.15) is 11.3 Å². The number of nitrogens with zero attached hydrogens (tertiary/aromatic N) is 2. The Morgan fingerprint density at radius 1 is 1.55 bits per heavy atom. The summed E-state index contributed by atoms with van der Waals surface area (Å²) in [4.78, 5) is 25.3. The number of carbonyl (C=O) groups excluding carboxylic acids is 1. The first-order chi connectivity index (χ1) is 9.56. The highest BCUT2D eigenvalue weighted by molar-refractivity contribution is 6.32. The monoisotopic (exact) mass is 303 g/mol. The number of amides is 1. The Morgan fingerprint density at radius 3 is 2.95 bits per heavy atom. The molecule has 9 heteroatoms. The minimum absolute atomic E-state index is 0.0443. The van der Waals surface area contributed by atoms with E-state index in [1.165, 1.54) is 0 Å². The van der Waals surface area contributed by atoms with Gasteiger partial charge in [-0.15, -0.1) is 0 Å². The number of nitrogens with one attached hydrogen (secondary N) is 1. The summed E-state index contributed by atoms with van der Waals surface area (Å²) in [5.41, 5.74) is -0.344. The molecule has 0 unspecified atom stereocenters. The van der Waals surface area contributed by atoms with Gasteiger partial charge in [-0.05, 0) is 6.42 Å². The van der Waals surface area contributed by atoms with Crippen molar-refractivity contribution in [2.75, 3.05) is 26.4 Å². The molecule has 1 amide bonds. The lowest BCUT2D eigenvalue weighted by atomic mass is 10.2. The number of ether oxygens (including phenoxy) is 1. The Hall–Kier alpha value is -1.77. The molecule has 1 rings (SSSR count). The topological polar surface area (TPSA) is 115 Å². The fourth-order valence-corrected chi connectivity index (χ4v) is 1.52. The molecule has 8 nitrogen and oxygen atoms in total. The van der Waals surface area contributed by atoms with Gasteiger partial charge in [-0.25, -0.2) is 4.98 Å². The normalized spacial score (nSPS) is 10.3. The number of aliphatic hydroxyl groups is 1. The number of halogens is 1. The maximum absolute atomic E-state index is 11.8. The van der Waals surface area contributed by atoms with Gasteiger partial charge in [0.15, 0.2) is 0 Å². The first-order valence-electron chi connectivity index (χ1n) is 5.83. The summed E-state index contributed by atoms with van der Waals surface area (Å²) < 4.78 is 5.02. The molecule has 2 N–H and O–H groups in total. The summed E-state index contributed by atoms with van der Waals surface area (Å²) in [5.74, 6) is -0.534. The SMILES string of the molecule is O=C(NCCCOCCO)c1cc([N+](=O)[O-])cnc1Cl. The van der Waals surface area contributed by atoms with Crippen LogP contribution in [-0.4, -0.2) is 47.3 Å². The van der Waals surface area contributed by atoms with E-state index in [9.17, 15) is 14.9 Å². The summed E-state index contributed by atoms with van der Waals surface area (Å²) in [6, 6.07) is 1.08. The molecule has 110 valence electrons. The quantitative estimate of drug-likeness (QED) is 0.317. The van der Waals surface area contributed by atoms with E-state index in [4.69, 9.17) is 21.4 Å². The molecule has 0 saturated carbocycles. The minimum atomic E-state index is -0.650. The molecule has 0 saturated heterocycles. The van der Waals surface area contributed by atoms with Gasteiger partial charge in [-0.2, -0.15) is 0 Å². The van der Waals surface area contributed by atoms with Crippen LogP contribution < -0.4 is 5.32 Å². The van der Waals surface area contributed by atoms with Crippen molar-refractivity contribution in [3.8, 4) is 0 Å². The van der Waals surface area contributed by atoms with E-state index in [0.29, 0.717) is 19.6 Å². The van der Waals surface area contributed by atoms with E-state index in [1.54, 1.807) is 0 Å². The van der Waals surface area contributed by atoms with Gasteiger partial charge < -0.3 is 15.2 Å². The zero-order valence-corrected chi connectivity index (χ0v) is 11.3. The van der Waals surface area contributed by atoms with E-state index in [2.05, 4.69) is 10.3 Å². The van der Waals surface area contributed by atoms with Gasteiger partial charge in [0.2, 0.25) is 0 Å². The number of aromatic nitrogens is 1. The van der Waals surface area contributed by atoms with Crippen molar-refractivity contribution in [3.05, 3.63) is 33.1 Å². The van der Waals surface area contributed by atoms with Crippen LogP contribution in [0.25, 0.3) is 0 Å². The lowest BCUT2D eigenvalue weighted by Gasteiger charge is -2.06. The highest BCUT2D eigenvalue weighted by Crippen LogP contribution is 2.18. The van der Waals surface area contributed by atoms with Crippen LogP contribution in [0.2, 0.25) is 5.15 Å². The van der Waals surface area contributed by atoms with Gasteiger partial charge >= 0.3 is 0 Å². The number of nitro groups is 1. The minimum Gasteiger partial charge on any atom is -0.394 e. The van der Waals surface area contributed by atoms with Crippen LogP contribution in [0.3, 0.4) is 0 Å². The van der Waals surface area contributed by atoms with Crippen molar-refractivity contribution in [2.24, 2.45) is 0 Å². The van der Waals surface area contributed by atoms with Crippen molar-refractivity contribution in [3.63, 3.8) is 0 Å². The number of hydrogen-bond acceptors (Lipinski definition) is 6. The number of carbonyl (C=O) groups is 1. The molecule has 1 aromatic heterocycles. The molecule has 0 fully saturated rings. The Kier molecular flexibility index (Phi) is 6.85. The van der Waals surface area contributed by atoms with E-state index in [1.807, 2.05) is 0 Å². The van der Waals surface area contributed by atoms with Crippen molar-refractivity contribution in [2.45, 2.75) is 6.42 Å². The number of aliphatic hydroxyl groups excluding tert-OH is 1. The van der Waals surface area contributed by atoms with Crippen LogP contribution in [0, 0.1) is 10.1 Å². The largest absolute Gasteiger partial charge is 0.394 e. The molecular formula is C11H14ClN3O5. The van der Waals surface area contributed by atoms with Gasteiger partial charge in [-0.1, -0.05) is 11.6 Å². The van der Waals surface area contributed by atoms with Crippen molar-refractivity contribution >= 4 is 23.2 Å². The predicted molar refractivity (Wildman–Crippen MR) is 70.8 cm³/mol. The lowest BCUT2D eigenvalue weighted by Crippen LogP contribution is -2.26. The van der Waals surface area contributed by atoms with E-state index in [0.717, 1.165) is 12.3 Å². The molecule has 0 aliphatic rings. The highest BCUT2D eigenvalue weighted by atomic mass is 35.5. The average Bonchev–Trinajstić information content (AvgIpc) is 2.42. The molecular weight excluding hydrogens is 290 g/mol. The molecule has 0 aliphatic heterocycles. The second-order valence-electron chi connectivity index (χ2n) is 3.73. The zero-order chi connectivity index (χ0) is 15.0. The summed E-state index contributed by atoms with van der Waals surface area (Å²) in [7, 11) is 0. The molecule has 0 radical (unpaired) electrons. The summed E-state index contributed by atoms with van der Waals surface area (Å²) in [5, 5.41) is 21.6. The predicted octanol–water partition coefficient (Wildman–Crippen LogP) is 0.772. The Bertz CT molecular complexity index is 483. The summed E-state index contributed by atoms with van der Waals surface area (Å²) in [6.07, 6.45) is 1.54. The Labute approximate surface area is 119 Å². The van der Waals surface area contributed by atoms with Crippen molar-refractivity contribution in [1.82, 2.24) is 10.3 Å². The van der Waals surface area contributed by atoms with Crippen LogP contribution in [0.1, 0.15) is 16.8 Å². The third-order valence-corrected chi connectivity index (χ3v) is 2.57. The van der Waals surface area contributed by atoms with Crippen LogP contribution in [0.15, 0.2) is 12.3 Å². The first kappa shape index (κ1) is 16.3. The van der Waals surface area contributed by atoms with Crippen molar-refractivity contribution < 1.29 is 19.6 Å². The number of pyridine rings is 1. The second kappa shape index (κ2) is 8.41. The third-order valence-electron chi connectivity index (χ3n) is 2.27. The van der Waals surface area contributed by atoms with Crippen molar-refractivity contribution in [1.29, 1.82) is 0 Å². The standard InChI is InChI=1S/C11H14ClN3O5/c12-10-9(6-8(7-14-10)15(18)19)11(17)13-2-1-4-20-5-3-16/h6-7,16H,1-5H2,(H,13,17). The Morgan fingerprint density at radius 2 is 2.30 bits per heavy atom. The maximum atomic E-state index is 11.8. The van der Waals surface area contributed by atoms with E-state index < -0.39 is 10.8 Å². The van der Waals surface area contributed by atoms with Crippen LogP contribution in [-0.2, 0) is 4.74 Å². The van der Waals surface area contributed by atoms with Gasteiger partial charge in [0.05, 0.1) is 23.7 Å². The molecule has 1 aromatic rings. The fourth-order valence-electron chi connectivity index (χ4n) is 1.33. The van der Waals surface area contributed by atoms with Gasteiger partial charge in [0, 0.05) is 19.2 Å². The van der Waals surface area contributed by atoms with Crippen LogP contribution >= 0.6 is 11.6 Å². The third kappa shape index (κ3) is 5.08. The van der Waals surface area contributed by atoms with Crippen LogP contribution in [0.4, 0.5) is 5.69 Å². The Balaban J connectivity index is 2.50. The van der Waals surface area contributed by atoms with Gasteiger partial charge in [0.25, 0.3) is 11.6 Å². The van der Waals surface area contributed by atoms with Gasteiger partial charge in [-0.3, -0.25) is 14.9 Å². The fraction of sp³-hybridized carbons (Fsp3) is 0.455. The van der Waals surface area contributed by atoms with E-state index in [-0.39, 0.29) is 29.6 Å². The molecule has 0 spiro atoms. The molecule has 20 heavy (non-hydrogen) atoms. The van der Waals surface area contributed by atoms with E-state index >= 15 is 0 Å². The molecule has 0 bridgehead atoms. The summed E-state index contributed by atoms with van der Waals surface area (Å²) >= 11 is 5.73. The van der Waals surface area contributed by atoms with Crippen LogP contribution in [0.5, 0.6) is 0 Å². The second-order valence-corrected chi connectivity index (χ2v) is 4.09. The lowest BCUT2D eigenvalue weighted by molar-refractivity contribution is -0.385.